The average Bonchev–Trinajstić information content (AvgIpc) is 3.09. The van der Waals surface area contributed by atoms with Crippen LogP contribution in [0, 0.1) is 5.82 Å². The van der Waals surface area contributed by atoms with Crippen LogP contribution in [-0.4, -0.2) is 10.5 Å². The van der Waals surface area contributed by atoms with Crippen molar-refractivity contribution in [3.63, 3.8) is 0 Å². The van der Waals surface area contributed by atoms with Gasteiger partial charge in [-0.1, -0.05) is 24.3 Å². The topological polar surface area (TPSA) is 47.5 Å². The van der Waals surface area contributed by atoms with Crippen molar-refractivity contribution in [2.24, 2.45) is 4.99 Å². The molecule has 0 N–H and O–H groups in total. The van der Waals surface area contributed by atoms with Crippen molar-refractivity contribution in [1.82, 2.24) is 4.57 Å². The summed E-state index contributed by atoms with van der Waals surface area (Å²) in [6.45, 7) is 2.60. The molecule has 0 spiro atoms. The first-order valence-electron chi connectivity index (χ1n) is 6.61. The summed E-state index contributed by atoms with van der Waals surface area (Å²) in [5, 5.41) is 0. The van der Waals surface area contributed by atoms with Gasteiger partial charge in [-0.25, -0.2) is 4.39 Å². The van der Waals surface area contributed by atoms with E-state index >= 15 is 0 Å². The van der Waals surface area contributed by atoms with Crippen LogP contribution in [0.3, 0.4) is 0 Å². The number of aromatic nitrogens is 1. The summed E-state index contributed by atoms with van der Waals surface area (Å²) in [5.74, 6) is -0.586. The molecule has 0 aliphatic heterocycles. The summed E-state index contributed by atoms with van der Waals surface area (Å²) in [5.41, 5.74) is 0.496. The van der Waals surface area contributed by atoms with Gasteiger partial charge in [-0.2, -0.15) is 4.99 Å². The molecule has 3 aromatic rings. The number of aryl methyl sites for hydroxylation is 1. The highest BCUT2D eigenvalue weighted by atomic mass is 32.1. The van der Waals surface area contributed by atoms with Crippen LogP contribution in [0.2, 0.25) is 0 Å². The van der Waals surface area contributed by atoms with Crippen LogP contribution in [0.25, 0.3) is 10.2 Å². The Morgan fingerprint density at radius 3 is 2.95 bits per heavy atom. The summed E-state index contributed by atoms with van der Waals surface area (Å²) in [6.07, 6.45) is 2.25. The van der Waals surface area contributed by atoms with Crippen LogP contribution in [0.15, 0.2) is 46.0 Å². The van der Waals surface area contributed by atoms with E-state index in [1.54, 1.807) is 22.8 Å². The van der Waals surface area contributed by atoms with E-state index in [0.717, 1.165) is 11.1 Å². The molecule has 1 aromatic carbocycles. The van der Waals surface area contributed by atoms with E-state index in [-0.39, 0.29) is 11.6 Å². The Hall–Kier alpha value is -2.21. The van der Waals surface area contributed by atoms with Crippen molar-refractivity contribution in [1.29, 1.82) is 0 Å². The van der Waals surface area contributed by atoms with Crippen molar-refractivity contribution in [2.75, 3.05) is 0 Å². The summed E-state index contributed by atoms with van der Waals surface area (Å²) in [6, 6.07) is 8.09. The van der Waals surface area contributed by atoms with Crippen LogP contribution in [0.1, 0.15) is 23.9 Å². The zero-order valence-corrected chi connectivity index (χ0v) is 12.2. The highest BCUT2D eigenvalue weighted by Gasteiger charge is 2.12. The summed E-state index contributed by atoms with van der Waals surface area (Å²) in [4.78, 5) is 16.6. The van der Waals surface area contributed by atoms with Gasteiger partial charge in [-0.15, -0.1) is 0 Å². The molecule has 0 aliphatic rings. The summed E-state index contributed by atoms with van der Waals surface area (Å²) in [7, 11) is 0. The Kier molecular flexibility index (Phi) is 3.70. The predicted molar refractivity (Wildman–Crippen MR) is 78.7 cm³/mol. The normalized spacial score (nSPS) is 12.2. The van der Waals surface area contributed by atoms with Crippen molar-refractivity contribution >= 4 is 27.5 Å². The first-order chi connectivity index (χ1) is 10.2. The standard InChI is InChI=1S/C15H13FN2O2S/c1-2-8-18-13-10(16)5-3-7-12(13)21-15(18)17-14(19)11-6-4-9-20-11/h3-7,9H,2,8H2,1H3. The molecule has 2 aromatic heterocycles. The molecular weight excluding hydrogens is 291 g/mol. The quantitative estimate of drug-likeness (QED) is 0.742. The molecule has 0 bridgehead atoms. The molecule has 0 radical (unpaired) electrons. The molecule has 21 heavy (non-hydrogen) atoms. The minimum Gasteiger partial charge on any atom is -0.459 e. The van der Waals surface area contributed by atoms with Gasteiger partial charge >= 0.3 is 5.91 Å². The fraction of sp³-hybridized carbons (Fsp3) is 0.200. The second-order valence-electron chi connectivity index (χ2n) is 4.52. The number of furan rings is 1. The number of benzene rings is 1. The van der Waals surface area contributed by atoms with Crippen molar-refractivity contribution in [2.45, 2.75) is 19.9 Å². The SMILES string of the molecule is CCCn1c(=NC(=O)c2ccco2)sc2cccc(F)c21. The Labute approximate surface area is 124 Å². The third-order valence-corrected chi connectivity index (χ3v) is 4.07. The van der Waals surface area contributed by atoms with E-state index in [2.05, 4.69) is 4.99 Å². The minimum atomic E-state index is -0.461. The Morgan fingerprint density at radius 2 is 2.24 bits per heavy atom. The van der Waals surface area contributed by atoms with Gasteiger partial charge < -0.3 is 8.98 Å². The Morgan fingerprint density at radius 1 is 1.38 bits per heavy atom. The smallest absolute Gasteiger partial charge is 0.315 e. The van der Waals surface area contributed by atoms with E-state index in [0.29, 0.717) is 16.9 Å². The van der Waals surface area contributed by atoms with Crippen molar-refractivity contribution in [3.8, 4) is 0 Å². The molecule has 4 nitrogen and oxygen atoms in total. The third kappa shape index (κ3) is 2.54. The number of para-hydroxylation sites is 1. The number of hydrogen-bond donors (Lipinski definition) is 0. The maximum absolute atomic E-state index is 14.0. The number of nitrogens with zero attached hydrogens (tertiary/aromatic N) is 2. The molecule has 0 aliphatic carbocycles. The minimum absolute atomic E-state index is 0.177. The fourth-order valence-electron chi connectivity index (χ4n) is 2.15. The number of hydrogen-bond acceptors (Lipinski definition) is 3. The summed E-state index contributed by atoms with van der Waals surface area (Å²) >= 11 is 1.30. The van der Waals surface area contributed by atoms with Gasteiger partial charge in [0.15, 0.2) is 10.6 Å². The van der Waals surface area contributed by atoms with Crippen molar-refractivity contribution in [3.05, 3.63) is 53.0 Å². The number of carbonyl (C=O) groups excluding carboxylic acids is 1. The van der Waals surface area contributed by atoms with Crippen LogP contribution in [-0.2, 0) is 6.54 Å². The van der Waals surface area contributed by atoms with Crippen LogP contribution < -0.4 is 4.80 Å². The zero-order chi connectivity index (χ0) is 14.8. The Balaban J connectivity index is 2.20. The molecule has 108 valence electrons. The first-order valence-corrected chi connectivity index (χ1v) is 7.42. The maximum atomic E-state index is 14.0. The highest BCUT2D eigenvalue weighted by molar-refractivity contribution is 7.16. The van der Waals surface area contributed by atoms with E-state index in [4.69, 9.17) is 4.42 Å². The van der Waals surface area contributed by atoms with E-state index < -0.39 is 5.91 Å². The number of thiazole rings is 1. The van der Waals surface area contributed by atoms with E-state index in [9.17, 15) is 9.18 Å². The lowest BCUT2D eigenvalue weighted by Gasteiger charge is -2.02. The monoisotopic (exact) mass is 304 g/mol. The molecule has 2 heterocycles. The molecule has 0 unspecified atom stereocenters. The van der Waals surface area contributed by atoms with Gasteiger partial charge in [0.05, 0.1) is 16.5 Å². The van der Waals surface area contributed by atoms with Gasteiger partial charge in [-0.05, 0) is 30.7 Å². The molecule has 0 fully saturated rings. The van der Waals surface area contributed by atoms with Gasteiger partial charge in [-0.3, -0.25) is 4.79 Å². The van der Waals surface area contributed by atoms with Crippen molar-refractivity contribution < 1.29 is 13.6 Å². The van der Waals surface area contributed by atoms with Crippen LogP contribution in [0.4, 0.5) is 4.39 Å². The van der Waals surface area contributed by atoms with E-state index in [1.807, 2.05) is 13.0 Å². The molecule has 0 atom stereocenters. The molecule has 1 amide bonds. The molecular formula is C15H13FN2O2S. The lowest BCUT2D eigenvalue weighted by atomic mass is 10.3. The van der Waals surface area contributed by atoms with Crippen LogP contribution >= 0.6 is 11.3 Å². The van der Waals surface area contributed by atoms with Gasteiger partial charge in [0.2, 0.25) is 0 Å². The number of fused-ring (bicyclic) bond motifs is 1. The van der Waals surface area contributed by atoms with Gasteiger partial charge in [0, 0.05) is 6.54 Å². The summed E-state index contributed by atoms with van der Waals surface area (Å²) < 4.78 is 21.6. The lowest BCUT2D eigenvalue weighted by molar-refractivity contribution is 0.0971. The average molecular weight is 304 g/mol. The van der Waals surface area contributed by atoms with Crippen LogP contribution in [0.5, 0.6) is 0 Å². The number of rotatable bonds is 3. The second kappa shape index (κ2) is 5.65. The number of amides is 1. The van der Waals surface area contributed by atoms with Gasteiger partial charge in [0.25, 0.3) is 0 Å². The van der Waals surface area contributed by atoms with Gasteiger partial charge in [0.1, 0.15) is 5.82 Å². The highest BCUT2D eigenvalue weighted by Crippen LogP contribution is 2.20. The lowest BCUT2D eigenvalue weighted by Crippen LogP contribution is -2.17. The first kappa shape index (κ1) is 13.8. The fourth-order valence-corrected chi connectivity index (χ4v) is 3.21. The number of halogens is 1. The Bertz CT molecular complexity index is 846. The van der Waals surface area contributed by atoms with E-state index in [1.165, 1.54) is 23.7 Å². The molecule has 0 saturated carbocycles. The maximum Gasteiger partial charge on any atom is 0.315 e. The largest absolute Gasteiger partial charge is 0.459 e. The molecule has 3 rings (SSSR count). The predicted octanol–water partition coefficient (Wildman–Crippen LogP) is 3.59. The zero-order valence-electron chi connectivity index (χ0n) is 11.4. The second-order valence-corrected chi connectivity index (χ2v) is 5.53. The third-order valence-electron chi connectivity index (χ3n) is 3.03. The number of carbonyl (C=O) groups is 1. The molecule has 6 heteroatoms. The molecule has 0 saturated heterocycles.